The quantitative estimate of drug-likeness (QED) is 0.693. The summed E-state index contributed by atoms with van der Waals surface area (Å²) < 4.78 is 30.2. The second kappa shape index (κ2) is 3.45. The Balaban J connectivity index is 3.33. The standard InChI is InChI=1S/C8H10O4S/c1-6-2-7(5-9)4-8(3-6)13(10,11)12/h2-4,9H,5H2,1H3,(H,10,11,12). The van der Waals surface area contributed by atoms with Gasteiger partial charge in [0.25, 0.3) is 10.1 Å². The Kier molecular flexibility index (Phi) is 2.70. The van der Waals surface area contributed by atoms with Crippen molar-refractivity contribution in [2.45, 2.75) is 18.4 Å². The number of aliphatic hydroxyl groups excluding tert-OH is 1. The third kappa shape index (κ3) is 2.51. The first-order chi connectivity index (χ1) is 5.93. The SMILES string of the molecule is Cc1cc(CO)cc(S(=O)(=O)O)c1. The molecule has 0 aliphatic carbocycles. The van der Waals surface area contributed by atoms with Crippen LogP contribution in [0.25, 0.3) is 0 Å². The lowest BCUT2D eigenvalue weighted by atomic mass is 10.1. The fraction of sp³-hybridized carbons (Fsp3) is 0.250. The molecule has 1 rings (SSSR count). The van der Waals surface area contributed by atoms with Crippen LogP contribution >= 0.6 is 0 Å². The van der Waals surface area contributed by atoms with Gasteiger partial charge in [-0.1, -0.05) is 6.07 Å². The summed E-state index contributed by atoms with van der Waals surface area (Å²) in [5.41, 5.74) is 1.15. The molecule has 1 aromatic rings. The molecular weight excluding hydrogens is 192 g/mol. The molecule has 0 radical (unpaired) electrons. The molecule has 0 heterocycles. The lowest BCUT2D eigenvalue weighted by Gasteiger charge is -2.02. The van der Waals surface area contributed by atoms with E-state index in [-0.39, 0.29) is 11.5 Å². The first-order valence-corrected chi connectivity index (χ1v) is 5.06. The van der Waals surface area contributed by atoms with Gasteiger partial charge < -0.3 is 5.11 Å². The monoisotopic (exact) mass is 202 g/mol. The minimum absolute atomic E-state index is 0.184. The van der Waals surface area contributed by atoms with E-state index >= 15 is 0 Å². The van der Waals surface area contributed by atoms with Crippen molar-refractivity contribution in [2.24, 2.45) is 0 Å². The summed E-state index contributed by atoms with van der Waals surface area (Å²) in [6, 6.07) is 4.23. The largest absolute Gasteiger partial charge is 0.392 e. The second-order valence-corrected chi connectivity index (χ2v) is 4.21. The molecule has 0 fully saturated rings. The molecule has 13 heavy (non-hydrogen) atoms. The normalized spacial score (nSPS) is 11.6. The molecule has 0 saturated carbocycles. The third-order valence-electron chi connectivity index (χ3n) is 1.59. The van der Waals surface area contributed by atoms with E-state index < -0.39 is 10.1 Å². The number of benzene rings is 1. The van der Waals surface area contributed by atoms with Gasteiger partial charge in [0.15, 0.2) is 0 Å². The van der Waals surface area contributed by atoms with Gasteiger partial charge in [-0.05, 0) is 30.2 Å². The number of rotatable bonds is 2. The van der Waals surface area contributed by atoms with Crippen LogP contribution in [0.2, 0.25) is 0 Å². The number of aryl methyl sites for hydroxylation is 1. The Bertz CT molecular complexity index is 408. The fourth-order valence-electron chi connectivity index (χ4n) is 1.06. The number of hydrogen-bond donors (Lipinski definition) is 2. The van der Waals surface area contributed by atoms with Crippen LogP contribution < -0.4 is 0 Å². The van der Waals surface area contributed by atoms with Crippen molar-refractivity contribution in [1.29, 1.82) is 0 Å². The molecule has 0 spiro atoms. The van der Waals surface area contributed by atoms with Crippen LogP contribution in [-0.2, 0) is 16.7 Å². The van der Waals surface area contributed by atoms with Gasteiger partial charge in [-0.25, -0.2) is 0 Å². The molecule has 0 saturated heterocycles. The van der Waals surface area contributed by atoms with E-state index in [2.05, 4.69) is 0 Å². The van der Waals surface area contributed by atoms with Crippen molar-refractivity contribution >= 4 is 10.1 Å². The zero-order chi connectivity index (χ0) is 10.1. The van der Waals surface area contributed by atoms with E-state index in [9.17, 15) is 8.42 Å². The van der Waals surface area contributed by atoms with Gasteiger partial charge >= 0.3 is 0 Å². The van der Waals surface area contributed by atoms with Crippen molar-refractivity contribution in [1.82, 2.24) is 0 Å². The molecule has 1 aromatic carbocycles. The summed E-state index contributed by atoms with van der Waals surface area (Å²) in [5, 5.41) is 8.78. The minimum Gasteiger partial charge on any atom is -0.392 e. The first-order valence-electron chi connectivity index (χ1n) is 3.62. The number of aliphatic hydroxyl groups is 1. The van der Waals surface area contributed by atoms with Gasteiger partial charge in [0, 0.05) is 0 Å². The number of hydrogen-bond acceptors (Lipinski definition) is 3. The molecule has 0 aromatic heterocycles. The first kappa shape index (κ1) is 10.2. The van der Waals surface area contributed by atoms with Crippen molar-refractivity contribution in [3.05, 3.63) is 29.3 Å². The Morgan fingerprint density at radius 2 is 1.92 bits per heavy atom. The summed E-state index contributed by atoms with van der Waals surface area (Å²) in [6.07, 6.45) is 0. The van der Waals surface area contributed by atoms with Crippen LogP contribution in [0.5, 0.6) is 0 Å². The maximum atomic E-state index is 10.7. The highest BCUT2D eigenvalue weighted by Crippen LogP contribution is 2.14. The Morgan fingerprint density at radius 1 is 1.31 bits per heavy atom. The highest BCUT2D eigenvalue weighted by Gasteiger charge is 2.10. The van der Waals surface area contributed by atoms with Crippen molar-refractivity contribution in [2.75, 3.05) is 0 Å². The summed E-state index contributed by atoms with van der Waals surface area (Å²) in [7, 11) is -4.17. The van der Waals surface area contributed by atoms with Crippen LogP contribution in [0.1, 0.15) is 11.1 Å². The van der Waals surface area contributed by atoms with Crippen LogP contribution in [0.3, 0.4) is 0 Å². The molecule has 0 aliphatic rings. The Hall–Kier alpha value is -0.910. The maximum absolute atomic E-state index is 10.7. The van der Waals surface area contributed by atoms with Gasteiger partial charge in [0.1, 0.15) is 0 Å². The average Bonchev–Trinajstić information content (AvgIpc) is 2.01. The van der Waals surface area contributed by atoms with E-state index in [0.717, 1.165) is 0 Å². The second-order valence-electron chi connectivity index (χ2n) is 2.79. The van der Waals surface area contributed by atoms with Crippen molar-refractivity contribution in [3.63, 3.8) is 0 Å². The van der Waals surface area contributed by atoms with Crippen LogP contribution in [-0.4, -0.2) is 18.1 Å². The molecule has 0 atom stereocenters. The van der Waals surface area contributed by atoms with Gasteiger partial charge in [0.2, 0.25) is 0 Å². The fourth-order valence-corrected chi connectivity index (χ4v) is 1.70. The molecule has 0 bridgehead atoms. The van der Waals surface area contributed by atoms with E-state index in [1.807, 2.05) is 0 Å². The average molecular weight is 202 g/mol. The maximum Gasteiger partial charge on any atom is 0.294 e. The summed E-state index contributed by atoms with van der Waals surface area (Å²) in [5.74, 6) is 0. The molecule has 4 nitrogen and oxygen atoms in total. The Morgan fingerprint density at radius 3 is 2.38 bits per heavy atom. The van der Waals surface area contributed by atoms with Crippen LogP contribution in [0, 0.1) is 6.92 Å². The Labute approximate surface area is 76.6 Å². The predicted molar refractivity (Wildman–Crippen MR) is 46.9 cm³/mol. The minimum atomic E-state index is -4.17. The zero-order valence-corrected chi connectivity index (χ0v) is 7.87. The topological polar surface area (TPSA) is 74.6 Å². The molecular formula is C8H10O4S. The molecule has 0 aliphatic heterocycles. The van der Waals surface area contributed by atoms with E-state index in [0.29, 0.717) is 11.1 Å². The smallest absolute Gasteiger partial charge is 0.294 e. The highest BCUT2D eigenvalue weighted by atomic mass is 32.2. The van der Waals surface area contributed by atoms with Gasteiger partial charge in [0.05, 0.1) is 11.5 Å². The lowest BCUT2D eigenvalue weighted by Crippen LogP contribution is -2.00. The molecule has 72 valence electrons. The van der Waals surface area contributed by atoms with Gasteiger partial charge in [-0.3, -0.25) is 4.55 Å². The highest BCUT2D eigenvalue weighted by molar-refractivity contribution is 7.85. The lowest BCUT2D eigenvalue weighted by molar-refractivity contribution is 0.281. The molecule has 0 unspecified atom stereocenters. The van der Waals surface area contributed by atoms with Crippen molar-refractivity contribution < 1.29 is 18.1 Å². The van der Waals surface area contributed by atoms with Crippen LogP contribution in [0.15, 0.2) is 23.1 Å². The summed E-state index contributed by atoms with van der Waals surface area (Å²) >= 11 is 0. The van der Waals surface area contributed by atoms with Crippen molar-refractivity contribution in [3.8, 4) is 0 Å². The molecule has 0 amide bonds. The summed E-state index contributed by atoms with van der Waals surface area (Å²) in [6.45, 7) is 1.44. The molecule has 2 N–H and O–H groups in total. The van der Waals surface area contributed by atoms with E-state index in [4.69, 9.17) is 9.66 Å². The van der Waals surface area contributed by atoms with E-state index in [1.54, 1.807) is 13.0 Å². The molecule has 5 heteroatoms. The van der Waals surface area contributed by atoms with Gasteiger partial charge in [-0.15, -0.1) is 0 Å². The van der Waals surface area contributed by atoms with Gasteiger partial charge in [-0.2, -0.15) is 8.42 Å². The summed E-state index contributed by atoms with van der Waals surface area (Å²) in [4.78, 5) is -0.184. The zero-order valence-electron chi connectivity index (χ0n) is 7.06. The third-order valence-corrected chi connectivity index (χ3v) is 2.42. The van der Waals surface area contributed by atoms with Crippen LogP contribution in [0.4, 0.5) is 0 Å². The predicted octanol–water partition coefficient (Wildman–Crippen LogP) is 0.734. The van der Waals surface area contributed by atoms with E-state index in [1.165, 1.54) is 12.1 Å².